The molecule has 0 bridgehead atoms. The Morgan fingerprint density at radius 3 is 3.12 bits per heavy atom. The van der Waals surface area contributed by atoms with E-state index < -0.39 is 0 Å². The molecule has 16 heavy (non-hydrogen) atoms. The summed E-state index contributed by atoms with van der Waals surface area (Å²) >= 11 is 0. The lowest BCUT2D eigenvalue weighted by Crippen LogP contribution is -2.22. The number of aryl methyl sites for hydroxylation is 1. The van der Waals surface area contributed by atoms with Crippen LogP contribution in [0.25, 0.3) is 0 Å². The van der Waals surface area contributed by atoms with Crippen molar-refractivity contribution in [3.8, 4) is 5.75 Å². The minimum atomic E-state index is 0.0602. The van der Waals surface area contributed by atoms with Crippen LogP contribution in [0, 0.1) is 6.92 Å². The van der Waals surface area contributed by atoms with E-state index in [9.17, 15) is 0 Å². The van der Waals surface area contributed by atoms with Crippen molar-refractivity contribution in [2.45, 2.75) is 13.0 Å². The highest BCUT2D eigenvalue weighted by molar-refractivity contribution is 5.55. The fraction of sp³-hybridized carbons (Fsp3) is 0.231. The van der Waals surface area contributed by atoms with Gasteiger partial charge in [-0.1, -0.05) is 29.8 Å². The molecule has 3 heteroatoms. The third-order valence-electron chi connectivity index (χ3n) is 2.79. The predicted octanol–water partition coefficient (Wildman–Crippen LogP) is 3.13. The molecule has 0 aliphatic carbocycles. The maximum atomic E-state index is 5.86. The van der Waals surface area contributed by atoms with E-state index >= 15 is 0 Å². The molecule has 0 radical (unpaired) electrons. The van der Waals surface area contributed by atoms with E-state index in [0.29, 0.717) is 0 Å². The summed E-state index contributed by atoms with van der Waals surface area (Å²) in [5.74, 6) is 0.790. The minimum Gasteiger partial charge on any atom is -0.478 e. The van der Waals surface area contributed by atoms with Crippen LogP contribution < -0.4 is 10.1 Å². The number of rotatable bonds is 1. The van der Waals surface area contributed by atoms with Gasteiger partial charge < -0.3 is 14.5 Å². The number of fused-ring (bicyclic) bond motifs is 1. The SMILES string of the molecule is Cc1cccc(C2CNc3cocc3O2)c1. The summed E-state index contributed by atoms with van der Waals surface area (Å²) in [6, 6.07) is 8.38. The zero-order valence-corrected chi connectivity index (χ0v) is 9.07. The smallest absolute Gasteiger partial charge is 0.181 e. The molecule has 2 aromatic rings. The monoisotopic (exact) mass is 215 g/mol. The van der Waals surface area contributed by atoms with Crippen LogP contribution >= 0.6 is 0 Å². The average Bonchev–Trinajstić information content (AvgIpc) is 2.75. The lowest BCUT2D eigenvalue weighted by atomic mass is 10.1. The number of hydrogen-bond donors (Lipinski definition) is 1. The van der Waals surface area contributed by atoms with Gasteiger partial charge >= 0.3 is 0 Å². The summed E-state index contributed by atoms with van der Waals surface area (Å²) in [7, 11) is 0. The molecule has 1 aliphatic rings. The Morgan fingerprint density at radius 1 is 1.31 bits per heavy atom. The van der Waals surface area contributed by atoms with Gasteiger partial charge in [0.15, 0.2) is 5.75 Å². The van der Waals surface area contributed by atoms with Crippen molar-refractivity contribution in [3.05, 3.63) is 47.9 Å². The summed E-state index contributed by atoms with van der Waals surface area (Å²) in [6.45, 7) is 2.86. The molecule has 1 N–H and O–H groups in total. The van der Waals surface area contributed by atoms with Crippen LogP contribution in [-0.2, 0) is 0 Å². The van der Waals surface area contributed by atoms with Gasteiger partial charge in [-0.3, -0.25) is 0 Å². The average molecular weight is 215 g/mol. The number of anilines is 1. The number of ether oxygens (including phenoxy) is 1. The molecule has 1 unspecified atom stereocenters. The minimum absolute atomic E-state index is 0.0602. The van der Waals surface area contributed by atoms with Crippen molar-refractivity contribution < 1.29 is 9.15 Å². The standard InChI is InChI=1S/C13H13NO2/c1-9-3-2-4-10(5-9)12-6-14-11-7-15-8-13(11)16-12/h2-5,7-8,12,14H,6H2,1H3. The second-order valence-electron chi connectivity index (χ2n) is 4.05. The lowest BCUT2D eigenvalue weighted by Gasteiger charge is -2.25. The molecule has 1 aromatic heterocycles. The quantitative estimate of drug-likeness (QED) is 0.793. The van der Waals surface area contributed by atoms with E-state index in [-0.39, 0.29) is 6.10 Å². The Morgan fingerprint density at radius 2 is 2.25 bits per heavy atom. The lowest BCUT2D eigenvalue weighted by molar-refractivity contribution is 0.209. The zero-order chi connectivity index (χ0) is 11.0. The highest BCUT2D eigenvalue weighted by Crippen LogP contribution is 2.34. The van der Waals surface area contributed by atoms with Crippen molar-refractivity contribution in [1.82, 2.24) is 0 Å². The van der Waals surface area contributed by atoms with E-state index in [0.717, 1.165) is 18.0 Å². The Kier molecular flexibility index (Phi) is 2.10. The molecule has 2 heterocycles. The number of hydrogen-bond acceptors (Lipinski definition) is 3. The number of benzene rings is 1. The highest BCUT2D eigenvalue weighted by atomic mass is 16.5. The van der Waals surface area contributed by atoms with Gasteiger partial charge in [0.2, 0.25) is 0 Å². The summed E-state index contributed by atoms with van der Waals surface area (Å²) in [4.78, 5) is 0. The third kappa shape index (κ3) is 1.54. The molecule has 1 atom stereocenters. The van der Waals surface area contributed by atoms with Crippen LogP contribution in [0.1, 0.15) is 17.2 Å². The largest absolute Gasteiger partial charge is 0.478 e. The van der Waals surface area contributed by atoms with Crippen molar-refractivity contribution in [2.24, 2.45) is 0 Å². The summed E-state index contributed by atoms with van der Waals surface area (Å²) in [5, 5.41) is 3.29. The van der Waals surface area contributed by atoms with Crippen LogP contribution in [0.4, 0.5) is 5.69 Å². The first kappa shape index (κ1) is 9.33. The van der Waals surface area contributed by atoms with Gasteiger partial charge in [0.05, 0.1) is 6.54 Å². The Labute approximate surface area is 94.0 Å². The van der Waals surface area contributed by atoms with Gasteiger partial charge in [-0.05, 0) is 12.5 Å². The molecule has 82 valence electrons. The molecule has 0 saturated carbocycles. The topological polar surface area (TPSA) is 34.4 Å². The maximum Gasteiger partial charge on any atom is 0.181 e. The van der Waals surface area contributed by atoms with Crippen LogP contribution in [-0.4, -0.2) is 6.54 Å². The molecule has 1 aliphatic heterocycles. The van der Waals surface area contributed by atoms with Crippen molar-refractivity contribution in [1.29, 1.82) is 0 Å². The fourth-order valence-corrected chi connectivity index (χ4v) is 1.96. The van der Waals surface area contributed by atoms with E-state index in [1.165, 1.54) is 11.1 Å². The zero-order valence-electron chi connectivity index (χ0n) is 9.07. The van der Waals surface area contributed by atoms with Crippen molar-refractivity contribution >= 4 is 5.69 Å². The maximum absolute atomic E-state index is 5.86. The Balaban J connectivity index is 1.88. The van der Waals surface area contributed by atoms with E-state index in [2.05, 4.69) is 36.5 Å². The third-order valence-corrected chi connectivity index (χ3v) is 2.79. The Bertz CT molecular complexity index is 504. The number of furan rings is 1. The molecular formula is C13H13NO2. The number of nitrogens with one attached hydrogen (secondary N) is 1. The second kappa shape index (κ2) is 3.59. The first-order valence-electron chi connectivity index (χ1n) is 5.36. The van der Waals surface area contributed by atoms with Crippen molar-refractivity contribution in [2.75, 3.05) is 11.9 Å². The van der Waals surface area contributed by atoms with Gasteiger partial charge in [-0.2, -0.15) is 0 Å². The molecule has 0 fully saturated rings. The van der Waals surface area contributed by atoms with Gasteiger partial charge in [0.25, 0.3) is 0 Å². The first-order chi connectivity index (χ1) is 7.83. The summed E-state index contributed by atoms with van der Waals surface area (Å²) < 4.78 is 10.9. The highest BCUT2D eigenvalue weighted by Gasteiger charge is 2.22. The van der Waals surface area contributed by atoms with Gasteiger partial charge in [0.1, 0.15) is 24.3 Å². The molecular weight excluding hydrogens is 202 g/mol. The van der Waals surface area contributed by atoms with Crippen molar-refractivity contribution in [3.63, 3.8) is 0 Å². The molecule has 3 nitrogen and oxygen atoms in total. The van der Waals surface area contributed by atoms with Gasteiger partial charge in [0, 0.05) is 0 Å². The van der Waals surface area contributed by atoms with E-state index in [1.54, 1.807) is 12.5 Å². The Hall–Kier alpha value is -1.90. The van der Waals surface area contributed by atoms with Gasteiger partial charge in [-0.25, -0.2) is 0 Å². The molecule has 0 saturated heterocycles. The molecule has 0 spiro atoms. The molecule has 1 aromatic carbocycles. The van der Waals surface area contributed by atoms with Crippen LogP contribution in [0.3, 0.4) is 0 Å². The first-order valence-corrected chi connectivity index (χ1v) is 5.36. The fourth-order valence-electron chi connectivity index (χ4n) is 1.96. The molecule has 0 amide bonds. The second-order valence-corrected chi connectivity index (χ2v) is 4.05. The normalized spacial score (nSPS) is 18.4. The predicted molar refractivity (Wildman–Crippen MR) is 61.7 cm³/mol. The van der Waals surface area contributed by atoms with E-state index in [4.69, 9.17) is 9.15 Å². The summed E-state index contributed by atoms with van der Waals surface area (Å²) in [5.41, 5.74) is 3.38. The van der Waals surface area contributed by atoms with Crippen LogP contribution in [0.15, 0.2) is 41.2 Å². The van der Waals surface area contributed by atoms with Gasteiger partial charge in [-0.15, -0.1) is 0 Å². The molecule has 3 rings (SSSR count). The van der Waals surface area contributed by atoms with Crippen LogP contribution in [0.2, 0.25) is 0 Å². The van der Waals surface area contributed by atoms with Crippen LogP contribution in [0.5, 0.6) is 5.75 Å². The van der Waals surface area contributed by atoms with E-state index in [1.807, 2.05) is 0 Å². The summed E-state index contributed by atoms with van der Waals surface area (Å²) in [6.07, 6.45) is 3.36.